The van der Waals surface area contributed by atoms with E-state index in [-0.39, 0.29) is 18.3 Å². The summed E-state index contributed by atoms with van der Waals surface area (Å²) in [5.41, 5.74) is 2.41. The highest BCUT2D eigenvalue weighted by Crippen LogP contribution is 2.25. The van der Waals surface area contributed by atoms with E-state index in [9.17, 15) is 9.18 Å². The van der Waals surface area contributed by atoms with Gasteiger partial charge in [-0.2, -0.15) is 0 Å². The molecule has 3 aromatic rings. The summed E-state index contributed by atoms with van der Waals surface area (Å²) in [5.74, 6) is 0.267. The molecule has 132 valence electrons. The van der Waals surface area contributed by atoms with E-state index >= 15 is 0 Å². The van der Waals surface area contributed by atoms with Crippen molar-refractivity contribution in [1.29, 1.82) is 0 Å². The highest BCUT2D eigenvalue weighted by atomic mass is 19.1. The monoisotopic (exact) mass is 349 g/mol. The molecule has 3 rings (SSSR count). The van der Waals surface area contributed by atoms with Gasteiger partial charge in [-0.15, -0.1) is 13.2 Å². The van der Waals surface area contributed by atoms with Crippen molar-refractivity contribution in [3.8, 4) is 11.4 Å². The molecule has 5 heteroatoms. The minimum absolute atomic E-state index is 0.0590. The topological polar surface area (TPSA) is 38.1 Å². The fourth-order valence-electron chi connectivity index (χ4n) is 2.88. The molecule has 26 heavy (non-hydrogen) atoms. The van der Waals surface area contributed by atoms with E-state index in [0.717, 1.165) is 16.6 Å². The number of nitrogens with zero attached hydrogens (tertiary/aromatic N) is 3. The summed E-state index contributed by atoms with van der Waals surface area (Å²) in [7, 11) is 0. The number of imidazole rings is 1. The van der Waals surface area contributed by atoms with Gasteiger partial charge in [-0.1, -0.05) is 24.3 Å². The number of fused-ring (bicyclic) bond motifs is 1. The van der Waals surface area contributed by atoms with Gasteiger partial charge in [0, 0.05) is 18.7 Å². The number of para-hydroxylation sites is 2. The summed E-state index contributed by atoms with van der Waals surface area (Å²) in [6.07, 6.45) is 3.38. The Hall–Kier alpha value is -3.21. The van der Waals surface area contributed by atoms with Crippen molar-refractivity contribution in [2.75, 3.05) is 13.1 Å². The first-order valence-electron chi connectivity index (χ1n) is 8.35. The highest BCUT2D eigenvalue weighted by Gasteiger charge is 2.18. The van der Waals surface area contributed by atoms with Crippen molar-refractivity contribution < 1.29 is 9.18 Å². The summed E-state index contributed by atoms with van der Waals surface area (Å²) in [6.45, 7) is 8.43. The summed E-state index contributed by atoms with van der Waals surface area (Å²) >= 11 is 0. The largest absolute Gasteiger partial charge is 0.334 e. The third kappa shape index (κ3) is 3.57. The molecular weight excluding hydrogens is 329 g/mol. The van der Waals surface area contributed by atoms with E-state index in [1.807, 2.05) is 28.8 Å². The molecule has 0 bridgehead atoms. The molecule has 0 aliphatic rings. The SMILES string of the molecule is C=CCN(CC=C)C(=O)Cn1c(-c2ccc(F)cc2)nc2ccccc21. The van der Waals surface area contributed by atoms with Gasteiger partial charge in [0.25, 0.3) is 0 Å². The number of aromatic nitrogens is 2. The Morgan fingerprint density at radius 2 is 1.73 bits per heavy atom. The fourth-order valence-corrected chi connectivity index (χ4v) is 2.88. The number of hydrogen-bond acceptors (Lipinski definition) is 2. The first kappa shape index (κ1) is 17.6. The van der Waals surface area contributed by atoms with Gasteiger partial charge in [0.1, 0.15) is 18.2 Å². The predicted octanol–water partition coefficient (Wildman–Crippen LogP) is 4.04. The molecule has 1 aromatic heterocycles. The smallest absolute Gasteiger partial charge is 0.243 e. The summed E-state index contributed by atoms with van der Waals surface area (Å²) in [5, 5.41) is 0. The second kappa shape index (κ2) is 7.78. The molecule has 0 radical (unpaired) electrons. The zero-order chi connectivity index (χ0) is 18.5. The normalized spacial score (nSPS) is 10.7. The van der Waals surface area contributed by atoms with Crippen LogP contribution in [0.2, 0.25) is 0 Å². The van der Waals surface area contributed by atoms with Crippen LogP contribution in [0.25, 0.3) is 22.4 Å². The second-order valence-corrected chi connectivity index (χ2v) is 5.89. The Morgan fingerprint density at radius 3 is 2.38 bits per heavy atom. The van der Waals surface area contributed by atoms with Gasteiger partial charge < -0.3 is 9.47 Å². The lowest BCUT2D eigenvalue weighted by Gasteiger charge is -2.20. The third-order valence-electron chi connectivity index (χ3n) is 4.10. The first-order chi connectivity index (χ1) is 12.6. The van der Waals surface area contributed by atoms with Crippen LogP contribution in [0.1, 0.15) is 0 Å². The Kier molecular flexibility index (Phi) is 5.27. The molecule has 0 N–H and O–H groups in total. The van der Waals surface area contributed by atoms with Crippen LogP contribution in [0.3, 0.4) is 0 Å². The molecule has 0 unspecified atom stereocenters. The van der Waals surface area contributed by atoms with E-state index in [1.165, 1.54) is 12.1 Å². The average molecular weight is 349 g/mol. The van der Waals surface area contributed by atoms with E-state index < -0.39 is 0 Å². The molecule has 0 saturated carbocycles. The Morgan fingerprint density at radius 1 is 1.08 bits per heavy atom. The number of benzene rings is 2. The van der Waals surface area contributed by atoms with Crippen molar-refractivity contribution in [3.05, 3.63) is 79.7 Å². The minimum Gasteiger partial charge on any atom is -0.334 e. The van der Waals surface area contributed by atoms with Crippen molar-refractivity contribution in [3.63, 3.8) is 0 Å². The molecule has 1 amide bonds. The Bertz CT molecular complexity index is 934. The standard InChI is InChI=1S/C21H20FN3O/c1-3-13-24(14-4-2)20(26)15-25-19-8-6-5-7-18(19)23-21(25)16-9-11-17(22)12-10-16/h3-12H,1-2,13-15H2. The van der Waals surface area contributed by atoms with Gasteiger partial charge in [0.2, 0.25) is 5.91 Å². The average Bonchev–Trinajstić information content (AvgIpc) is 3.01. The molecule has 4 nitrogen and oxygen atoms in total. The zero-order valence-electron chi connectivity index (χ0n) is 14.4. The molecule has 0 atom stereocenters. The van der Waals surface area contributed by atoms with Crippen LogP contribution in [0.4, 0.5) is 4.39 Å². The number of halogens is 1. The number of carbonyl (C=O) groups is 1. The van der Waals surface area contributed by atoms with Crippen LogP contribution in [0.5, 0.6) is 0 Å². The van der Waals surface area contributed by atoms with Crippen molar-refractivity contribution in [2.45, 2.75) is 6.54 Å². The fraction of sp³-hybridized carbons (Fsp3) is 0.143. The van der Waals surface area contributed by atoms with Gasteiger partial charge in [0.15, 0.2) is 0 Å². The number of hydrogen-bond donors (Lipinski definition) is 0. The molecule has 0 saturated heterocycles. The zero-order valence-corrected chi connectivity index (χ0v) is 14.4. The minimum atomic E-state index is -0.310. The van der Waals surface area contributed by atoms with E-state index in [2.05, 4.69) is 18.1 Å². The van der Waals surface area contributed by atoms with Crippen LogP contribution >= 0.6 is 0 Å². The molecule has 0 aliphatic heterocycles. The number of rotatable bonds is 7. The van der Waals surface area contributed by atoms with Crippen molar-refractivity contribution >= 4 is 16.9 Å². The highest BCUT2D eigenvalue weighted by molar-refractivity contribution is 5.84. The van der Waals surface area contributed by atoms with Crippen molar-refractivity contribution in [1.82, 2.24) is 14.5 Å². The van der Waals surface area contributed by atoms with Gasteiger partial charge in [-0.3, -0.25) is 4.79 Å². The van der Waals surface area contributed by atoms with E-state index in [0.29, 0.717) is 18.9 Å². The molecule has 1 heterocycles. The summed E-state index contributed by atoms with van der Waals surface area (Å²) in [4.78, 5) is 19.1. The van der Waals surface area contributed by atoms with Crippen molar-refractivity contribution in [2.24, 2.45) is 0 Å². The molecule has 0 spiro atoms. The van der Waals surface area contributed by atoms with Gasteiger partial charge in [-0.25, -0.2) is 9.37 Å². The number of carbonyl (C=O) groups excluding carboxylic acids is 1. The lowest BCUT2D eigenvalue weighted by molar-refractivity contribution is -0.130. The molecule has 0 aliphatic carbocycles. The maximum Gasteiger partial charge on any atom is 0.243 e. The maximum absolute atomic E-state index is 13.3. The quantitative estimate of drug-likeness (QED) is 0.604. The molecular formula is C21H20FN3O. The first-order valence-corrected chi connectivity index (χ1v) is 8.35. The summed E-state index contributed by atoms with van der Waals surface area (Å²) < 4.78 is 15.2. The van der Waals surface area contributed by atoms with E-state index in [1.54, 1.807) is 29.2 Å². The predicted molar refractivity (Wildman–Crippen MR) is 102 cm³/mol. The summed E-state index contributed by atoms with van der Waals surface area (Å²) in [6, 6.07) is 13.8. The van der Waals surface area contributed by atoms with Crippen LogP contribution in [-0.2, 0) is 11.3 Å². The van der Waals surface area contributed by atoms with E-state index in [4.69, 9.17) is 0 Å². The lowest BCUT2D eigenvalue weighted by Crippen LogP contribution is -2.34. The lowest BCUT2D eigenvalue weighted by atomic mass is 10.2. The maximum atomic E-state index is 13.3. The second-order valence-electron chi connectivity index (χ2n) is 5.89. The van der Waals surface area contributed by atoms with Gasteiger partial charge in [-0.05, 0) is 36.4 Å². The van der Waals surface area contributed by atoms with Crippen LogP contribution < -0.4 is 0 Å². The van der Waals surface area contributed by atoms with Gasteiger partial charge >= 0.3 is 0 Å². The van der Waals surface area contributed by atoms with Crippen LogP contribution in [0, 0.1) is 5.82 Å². The van der Waals surface area contributed by atoms with Crippen LogP contribution in [0.15, 0.2) is 73.8 Å². The molecule has 0 fully saturated rings. The number of amides is 1. The Labute approximate surface area is 151 Å². The Balaban J connectivity index is 2.04. The van der Waals surface area contributed by atoms with Crippen LogP contribution in [-0.4, -0.2) is 33.4 Å². The third-order valence-corrected chi connectivity index (χ3v) is 4.10. The molecule has 2 aromatic carbocycles. The van der Waals surface area contributed by atoms with Gasteiger partial charge in [0.05, 0.1) is 11.0 Å².